The second-order valence-corrected chi connectivity index (χ2v) is 6.07. The Kier molecular flexibility index (Phi) is 6.08. The van der Waals surface area contributed by atoms with E-state index in [1.54, 1.807) is 18.2 Å². The van der Waals surface area contributed by atoms with Crippen molar-refractivity contribution in [3.8, 4) is 0 Å². The van der Waals surface area contributed by atoms with Crippen molar-refractivity contribution in [3.05, 3.63) is 58.6 Å². The van der Waals surface area contributed by atoms with Crippen LogP contribution in [0.2, 0.25) is 0 Å². The number of nitrogens with zero attached hydrogens (tertiary/aromatic N) is 2. The lowest BCUT2D eigenvalue weighted by atomic mass is 10.2. The van der Waals surface area contributed by atoms with Crippen LogP contribution in [0.5, 0.6) is 0 Å². The van der Waals surface area contributed by atoms with Gasteiger partial charge < -0.3 is 10.2 Å². The lowest BCUT2D eigenvalue weighted by Gasteiger charge is -2.11. The van der Waals surface area contributed by atoms with Gasteiger partial charge in [-0.3, -0.25) is 9.59 Å². The first-order chi connectivity index (χ1) is 11.5. The van der Waals surface area contributed by atoms with Crippen LogP contribution in [0.4, 0.5) is 11.4 Å². The Morgan fingerprint density at radius 1 is 1.08 bits per heavy atom. The fraction of sp³-hybridized carbons (Fsp3) is 0.118. The number of hydrogen-bond donors (Lipinski definition) is 2. The third-order valence-electron chi connectivity index (χ3n) is 3.08. The summed E-state index contributed by atoms with van der Waals surface area (Å²) in [5.74, 6) is -1.62. The van der Waals surface area contributed by atoms with E-state index in [9.17, 15) is 9.59 Å². The first kappa shape index (κ1) is 17.7. The van der Waals surface area contributed by atoms with Crippen LogP contribution in [0.3, 0.4) is 0 Å². The molecular formula is C17H17BrN4O2. The minimum absolute atomic E-state index is 0.521. The predicted molar refractivity (Wildman–Crippen MR) is 99.3 cm³/mol. The second-order valence-electron chi connectivity index (χ2n) is 5.15. The normalized spacial score (nSPS) is 10.5. The van der Waals surface area contributed by atoms with Gasteiger partial charge in [-0.25, -0.2) is 5.43 Å². The Morgan fingerprint density at radius 3 is 2.42 bits per heavy atom. The van der Waals surface area contributed by atoms with Crippen LogP contribution in [0.25, 0.3) is 0 Å². The van der Waals surface area contributed by atoms with Gasteiger partial charge in [0, 0.05) is 29.9 Å². The molecule has 0 saturated carbocycles. The minimum atomic E-state index is -0.837. The molecule has 2 rings (SSSR count). The molecule has 0 radical (unpaired) electrons. The number of hydrazone groups is 1. The summed E-state index contributed by atoms with van der Waals surface area (Å²) >= 11 is 3.29. The number of rotatable bonds is 4. The van der Waals surface area contributed by atoms with Gasteiger partial charge in [-0.2, -0.15) is 5.10 Å². The molecule has 0 saturated heterocycles. The smallest absolute Gasteiger partial charge is 0.329 e. The number of hydrogen-bond acceptors (Lipinski definition) is 4. The molecule has 2 aromatic carbocycles. The maximum Gasteiger partial charge on any atom is 0.329 e. The first-order valence-corrected chi connectivity index (χ1v) is 7.92. The zero-order valence-corrected chi connectivity index (χ0v) is 14.9. The molecule has 24 heavy (non-hydrogen) atoms. The zero-order valence-electron chi connectivity index (χ0n) is 13.3. The van der Waals surface area contributed by atoms with E-state index in [0.29, 0.717) is 5.69 Å². The molecule has 0 atom stereocenters. The topological polar surface area (TPSA) is 73.8 Å². The number of halogens is 1. The summed E-state index contributed by atoms with van der Waals surface area (Å²) in [7, 11) is 3.90. The van der Waals surface area contributed by atoms with Gasteiger partial charge in [-0.1, -0.05) is 34.1 Å². The van der Waals surface area contributed by atoms with Crippen molar-refractivity contribution in [2.24, 2.45) is 5.10 Å². The van der Waals surface area contributed by atoms with Crippen LogP contribution in [-0.4, -0.2) is 32.1 Å². The molecule has 0 aliphatic rings. The number of amides is 2. The predicted octanol–water partition coefficient (Wildman–Crippen LogP) is 2.60. The van der Waals surface area contributed by atoms with Gasteiger partial charge >= 0.3 is 11.8 Å². The van der Waals surface area contributed by atoms with Gasteiger partial charge in [0.2, 0.25) is 0 Å². The van der Waals surface area contributed by atoms with Gasteiger partial charge in [0.25, 0.3) is 0 Å². The van der Waals surface area contributed by atoms with E-state index in [1.165, 1.54) is 6.21 Å². The van der Waals surface area contributed by atoms with Crippen LogP contribution in [0, 0.1) is 0 Å². The Hall–Kier alpha value is -2.67. The summed E-state index contributed by atoms with van der Waals surface area (Å²) in [6, 6.07) is 14.6. The Balaban J connectivity index is 1.88. The molecule has 0 aromatic heterocycles. The van der Waals surface area contributed by atoms with Gasteiger partial charge in [-0.05, 0) is 35.9 Å². The van der Waals surface area contributed by atoms with Crippen molar-refractivity contribution in [3.63, 3.8) is 0 Å². The Labute approximate surface area is 148 Å². The summed E-state index contributed by atoms with van der Waals surface area (Å²) < 4.78 is 0.805. The molecule has 0 unspecified atom stereocenters. The summed E-state index contributed by atoms with van der Waals surface area (Å²) in [5, 5.41) is 6.28. The fourth-order valence-electron chi connectivity index (χ4n) is 1.83. The highest BCUT2D eigenvalue weighted by Crippen LogP contribution is 2.15. The molecule has 0 bridgehead atoms. The largest absolute Gasteiger partial charge is 0.378 e. The molecule has 7 heteroatoms. The zero-order chi connectivity index (χ0) is 17.5. The fourth-order valence-corrected chi connectivity index (χ4v) is 2.23. The van der Waals surface area contributed by atoms with Gasteiger partial charge in [0.05, 0.1) is 6.21 Å². The number of nitrogens with one attached hydrogen (secondary N) is 2. The molecule has 2 amide bonds. The van der Waals surface area contributed by atoms with E-state index >= 15 is 0 Å². The van der Waals surface area contributed by atoms with E-state index in [0.717, 1.165) is 15.7 Å². The minimum Gasteiger partial charge on any atom is -0.378 e. The molecule has 0 spiro atoms. The van der Waals surface area contributed by atoms with Crippen LogP contribution in [-0.2, 0) is 9.59 Å². The van der Waals surface area contributed by atoms with Gasteiger partial charge in [-0.15, -0.1) is 0 Å². The number of carbonyl (C=O) groups is 2. The Bertz CT molecular complexity index is 757. The molecule has 124 valence electrons. The van der Waals surface area contributed by atoms with Gasteiger partial charge in [0.15, 0.2) is 0 Å². The summed E-state index contributed by atoms with van der Waals surface area (Å²) in [6.07, 6.45) is 1.48. The first-order valence-electron chi connectivity index (χ1n) is 7.13. The molecule has 0 aliphatic carbocycles. The lowest BCUT2D eigenvalue weighted by Crippen LogP contribution is -2.32. The molecule has 2 aromatic rings. The highest BCUT2D eigenvalue weighted by molar-refractivity contribution is 9.10. The SMILES string of the molecule is CN(C)c1ccc(/C=N\NC(=O)C(=O)Nc2cccc(Br)c2)cc1. The van der Waals surface area contributed by atoms with Crippen molar-refractivity contribution in [2.75, 3.05) is 24.3 Å². The number of anilines is 2. The number of benzene rings is 2. The monoisotopic (exact) mass is 388 g/mol. The maximum atomic E-state index is 11.8. The van der Waals surface area contributed by atoms with Crippen LogP contribution >= 0.6 is 15.9 Å². The highest BCUT2D eigenvalue weighted by Gasteiger charge is 2.12. The maximum absolute atomic E-state index is 11.8. The van der Waals surface area contributed by atoms with Crippen LogP contribution in [0.1, 0.15) is 5.56 Å². The summed E-state index contributed by atoms with van der Waals surface area (Å²) in [5.41, 5.74) is 4.59. The van der Waals surface area contributed by atoms with Crippen molar-refractivity contribution in [1.82, 2.24) is 5.43 Å². The van der Waals surface area contributed by atoms with E-state index in [4.69, 9.17) is 0 Å². The molecule has 6 nitrogen and oxygen atoms in total. The molecular weight excluding hydrogens is 372 g/mol. The van der Waals surface area contributed by atoms with Gasteiger partial charge in [0.1, 0.15) is 0 Å². The average molecular weight is 389 g/mol. The van der Waals surface area contributed by atoms with E-state index < -0.39 is 11.8 Å². The van der Waals surface area contributed by atoms with Crippen molar-refractivity contribution in [1.29, 1.82) is 0 Å². The van der Waals surface area contributed by atoms with E-state index in [2.05, 4.69) is 31.8 Å². The average Bonchev–Trinajstić information content (AvgIpc) is 2.55. The molecule has 2 N–H and O–H groups in total. The standard InChI is InChI=1S/C17H17BrN4O2/c1-22(2)15-8-6-12(7-9-15)11-19-21-17(24)16(23)20-14-5-3-4-13(18)10-14/h3-11H,1-2H3,(H,20,23)(H,21,24)/b19-11-. The summed E-state index contributed by atoms with van der Waals surface area (Å²) in [6.45, 7) is 0. The molecule has 0 aliphatic heterocycles. The van der Waals surface area contributed by atoms with Crippen molar-refractivity contribution in [2.45, 2.75) is 0 Å². The number of carbonyl (C=O) groups excluding carboxylic acids is 2. The van der Waals surface area contributed by atoms with Crippen LogP contribution < -0.4 is 15.6 Å². The Morgan fingerprint density at radius 2 is 1.79 bits per heavy atom. The van der Waals surface area contributed by atoms with E-state index in [-0.39, 0.29) is 0 Å². The second kappa shape index (κ2) is 8.26. The quantitative estimate of drug-likeness (QED) is 0.480. The summed E-state index contributed by atoms with van der Waals surface area (Å²) in [4.78, 5) is 25.5. The van der Waals surface area contributed by atoms with Crippen molar-refractivity contribution >= 4 is 45.3 Å². The third-order valence-corrected chi connectivity index (χ3v) is 3.57. The van der Waals surface area contributed by atoms with E-state index in [1.807, 2.05) is 49.3 Å². The van der Waals surface area contributed by atoms with Crippen molar-refractivity contribution < 1.29 is 9.59 Å². The molecule has 0 heterocycles. The third kappa shape index (κ3) is 5.20. The van der Waals surface area contributed by atoms with Crippen LogP contribution in [0.15, 0.2) is 58.1 Å². The molecule has 0 fully saturated rings. The lowest BCUT2D eigenvalue weighted by molar-refractivity contribution is -0.136. The highest BCUT2D eigenvalue weighted by atomic mass is 79.9.